The molecule has 33 heavy (non-hydrogen) atoms. The Kier molecular flexibility index (Phi) is 9.25. The van der Waals surface area contributed by atoms with Gasteiger partial charge in [0.25, 0.3) is 5.91 Å². The maximum absolute atomic E-state index is 12.9. The Morgan fingerprint density at radius 3 is 2.33 bits per heavy atom. The highest BCUT2D eigenvalue weighted by Gasteiger charge is 2.27. The monoisotopic (exact) mass is 514 g/mol. The Bertz CT molecular complexity index is 1100. The van der Waals surface area contributed by atoms with E-state index in [1.807, 2.05) is 0 Å². The van der Waals surface area contributed by atoms with Gasteiger partial charge in [0.15, 0.2) is 9.84 Å². The molecule has 2 aromatic rings. The number of carbonyl (C=O) groups is 2. The van der Waals surface area contributed by atoms with Crippen LogP contribution in [-0.2, 0) is 14.6 Å². The van der Waals surface area contributed by atoms with Crippen LogP contribution >= 0.6 is 24.0 Å². The predicted octanol–water partition coefficient (Wildman–Crippen LogP) is 3.87. The average Bonchev–Trinajstić information content (AvgIpc) is 2.74. The third-order valence-electron chi connectivity index (χ3n) is 5.52. The number of anilines is 2. The number of benzene rings is 1. The van der Waals surface area contributed by atoms with Crippen LogP contribution in [-0.4, -0.2) is 55.5 Å². The van der Waals surface area contributed by atoms with E-state index in [1.54, 1.807) is 6.07 Å². The summed E-state index contributed by atoms with van der Waals surface area (Å²) < 4.78 is 24.0. The van der Waals surface area contributed by atoms with Crippen molar-refractivity contribution >= 4 is 57.2 Å². The minimum absolute atomic E-state index is 0. The van der Waals surface area contributed by atoms with E-state index in [9.17, 15) is 18.0 Å². The lowest BCUT2D eigenvalue weighted by atomic mass is 9.95. The molecule has 1 fully saturated rings. The molecule has 0 atom stereocenters. The molecule has 1 aliphatic rings. The lowest BCUT2D eigenvalue weighted by Crippen LogP contribution is -2.41. The van der Waals surface area contributed by atoms with Gasteiger partial charge in [-0.15, -0.1) is 12.4 Å². The topological polar surface area (TPSA) is 108 Å². The first-order valence-electron chi connectivity index (χ1n) is 10.4. The van der Waals surface area contributed by atoms with E-state index in [4.69, 9.17) is 11.6 Å². The molecule has 2 N–H and O–H groups in total. The molecule has 1 saturated heterocycles. The van der Waals surface area contributed by atoms with Gasteiger partial charge in [-0.1, -0.05) is 11.6 Å². The molecule has 180 valence electrons. The van der Waals surface area contributed by atoms with Crippen molar-refractivity contribution in [3.8, 4) is 0 Å². The van der Waals surface area contributed by atoms with Crippen molar-refractivity contribution in [1.82, 2.24) is 9.88 Å². The zero-order valence-corrected chi connectivity index (χ0v) is 21.1. The van der Waals surface area contributed by atoms with Gasteiger partial charge in [0.05, 0.1) is 21.2 Å². The fourth-order valence-corrected chi connectivity index (χ4v) is 4.36. The second-order valence-electron chi connectivity index (χ2n) is 8.19. The number of piperidine rings is 1. The highest BCUT2D eigenvalue weighted by Crippen LogP contribution is 2.25. The van der Waals surface area contributed by atoms with Crippen molar-refractivity contribution in [2.24, 2.45) is 5.92 Å². The third-order valence-corrected chi connectivity index (χ3v) is 6.86. The molecule has 11 heteroatoms. The zero-order chi connectivity index (χ0) is 23.5. The molecular formula is C22H28Cl2N4O4S. The lowest BCUT2D eigenvalue weighted by Gasteiger charge is -2.34. The predicted molar refractivity (Wildman–Crippen MR) is 132 cm³/mol. The maximum atomic E-state index is 12.9. The summed E-state index contributed by atoms with van der Waals surface area (Å²) >= 11 is 5.83. The van der Waals surface area contributed by atoms with Crippen molar-refractivity contribution in [3.63, 3.8) is 0 Å². The molecule has 0 spiro atoms. The van der Waals surface area contributed by atoms with Gasteiger partial charge in [0.2, 0.25) is 5.91 Å². The van der Waals surface area contributed by atoms with Gasteiger partial charge in [0, 0.05) is 24.4 Å². The van der Waals surface area contributed by atoms with Gasteiger partial charge in [-0.05, 0) is 70.1 Å². The number of nitrogens with one attached hydrogen (secondary N) is 2. The Hall–Kier alpha value is -2.20. The van der Waals surface area contributed by atoms with Crippen molar-refractivity contribution < 1.29 is 18.0 Å². The van der Waals surface area contributed by atoms with Crippen LogP contribution in [0.5, 0.6) is 0 Å². The molecule has 2 heterocycles. The van der Waals surface area contributed by atoms with E-state index < -0.39 is 15.7 Å². The molecule has 0 unspecified atom stereocenters. The minimum atomic E-state index is -3.55. The number of hydrogen-bond donors (Lipinski definition) is 2. The highest BCUT2D eigenvalue weighted by molar-refractivity contribution is 7.90. The van der Waals surface area contributed by atoms with Crippen molar-refractivity contribution in [3.05, 3.63) is 47.1 Å². The summed E-state index contributed by atoms with van der Waals surface area (Å²) in [6.07, 6.45) is 3.89. The number of pyridine rings is 1. The molecule has 0 radical (unpaired) electrons. The van der Waals surface area contributed by atoms with Crippen LogP contribution < -0.4 is 10.6 Å². The number of likely N-dealkylation sites (tertiary alicyclic amines) is 1. The number of rotatable bonds is 6. The van der Waals surface area contributed by atoms with Crippen LogP contribution in [0.4, 0.5) is 11.5 Å². The van der Waals surface area contributed by atoms with Gasteiger partial charge in [-0.2, -0.15) is 0 Å². The molecule has 1 aromatic heterocycles. The number of hydrogen-bond acceptors (Lipinski definition) is 6. The molecular weight excluding hydrogens is 487 g/mol. The van der Waals surface area contributed by atoms with Crippen molar-refractivity contribution in [2.75, 3.05) is 30.0 Å². The first-order valence-corrected chi connectivity index (χ1v) is 12.6. The smallest absolute Gasteiger partial charge is 0.258 e. The Labute approximate surface area is 205 Å². The summed E-state index contributed by atoms with van der Waals surface area (Å²) in [5, 5.41) is 5.85. The highest BCUT2D eigenvalue weighted by atomic mass is 35.5. The van der Waals surface area contributed by atoms with E-state index in [-0.39, 0.29) is 46.2 Å². The summed E-state index contributed by atoms with van der Waals surface area (Å²) in [5.74, 6) is -0.689. The van der Waals surface area contributed by atoms with Crippen molar-refractivity contribution in [2.45, 2.75) is 37.6 Å². The molecule has 1 aromatic carbocycles. The molecule has 8 nitrogen and oxygen atoms in total. The lowest BCUT2D eigenvalue weighted by molar-refractivity contribution is -0.121. The first kappa shape index (κ1) is 27.0. The van der Waals surface area contributed by atoms with Gasteiger partial charge < -0.3 is 15.5 Å². The fourth-order valence-electron chi connectivity index (χ4n) is 3.60. The largest absolute Gasteiger partial charge is 0.325 e. The summed E-state index contributed by atoms with van der Waals surface area (Å²) in [6, 6.07) is 7.62. The van der Waals surface area contributed by atoms with Gasteiger partial charge in [-0.25, -0.2) is 13.4 Å². The van der Waals surface area contributed by atoms with Gasteiger partial charge in [0.1, 0.15) is 5.82 Å². The first-order chi connectivity index (χ1) is 15.0. The van der Waals surface area contributed by atoms with Crippen LogP contribution in [0.2, 0.25) is 5.02 Å². The average molecular weight is 515 g/mol. The quantitative estimate of drug-likeness (QED) is 0.605. The second-order valence-corrected chi connectivity index (χ2v) is 10.6. The van der Waals surface area contributed by atoms with Crippen LogP contribution in [0.25, 0.3) is 0 Å². The summed E-state index contributed by atoms with van der Waals surface area (Å²) in [5.41, 5.74) is 0.290. The van der Waals surface area contributed by atoms with Crippen LogP contribution in [0, 0.1) is 5.92 Å². The van der Waals surface area contributed by atoms with Crippen molar-refractivity contribution in [1.29, 1.82) is 0 Å². The van der Waals surface area contributed by atoms with Crippen LogP contribution in [0.15, 0.2) is 41.4 Å². The molecule has 0 aliphatic carbocycles. The van der Waals surface area contributed by atoms with E-state index in [0.29, 0.717) is 11.1 Å². The summed E-state index contributed by atoms with van der Waals surface area (Å²) in [7, 11) is -3.55. The van der Waals surface area contributed by atoms with E-state index in [2.05, 4.69) is 34.4 Å². The number of halogens is 2. The second kappa shape index (κ2) is 11.3. The molecule has 2 amide bonds. The number of carbonyl (C=O) groups excluding carboxylic acids is 2. The molecule has 3 rings (SSSR count). The van der Waals surface area contributed by atoms with Gasteiger partial charge >= 0.3 is 0 Å². The number of nitrogens with zero attached hydrogens (tertiary/aromatic N) is 2. The van der Waals surface area contributed by atoms with Crippen LogP contribution in [0.1, 0.15) is 37.0 Å². The van der Waals surface area contributed by atoms with E-state index in [1.165, 1.54) is 30.5 Å². The maximum Gasteiger partial charge on any atom is 0.258 e. The Morgan fingerprint density at radius 2 is 1.79 bits per heavy atom. The number of sulfone groups is 1. The molecule has 0 saturated carbocycles. The number of aromatic nitrogens is 1. The fraction of sp³-hybridized carbons (Fsp3) is 0.409. The molecule has 1 aliphatic heterocycles. The van der Waals surface area contributed by atoms with Crippen LogP contribution in [0.3, 0.4) is 0 Å². The summed E-state index contributed by atoms with van der Waals surface area (Å²) in [4.78, 5) is 32.2. The minimum Gasteiger partial charge on any atom is -0.325 e. The normalized spacial score (nSPS) is 15.1. The zero-order valence-electron chi connectivity index (χ0n) is 18.7. The molecule has 0 bridgehead atoms. The Balaban J connectivity index is 0.00000385. The van der Waals surface area contributed by atoms with E-state index in [0.717, 1.165) is 32.2 Å². The summed E-state index contributed by atoms with van der Waals surface area (Å²) in [6.45, 7) is 5.92. The SMILES string of the molecule is CC(C)N1CCC(C(=O)Nc2ccc(S(C)(=O)=O)cc2C(=O)Nc2ccc(Cl)cn2)CC1.Cl. The van der Waals surface area contributed by atoms with Gasteiger partial charge in [-0.3, -0.25) is 9.59 Å². The number of amides is 2. The Morgan fingerprint density at radius 1 is 1.12 bits per heavy atom. The van der Waals surface area contributed by atoms with E-state index >= 15 is 0 Å². The third kappa shape index (κ3) is 7.14. The standard InChI is InChI=1S/C22H27ClN4O4S.ClH/c1-14(2)27-10-8-15(9-11-27)21(28)25-19-6-5-17(32(3,30)31)12-18(19)22(29)26-20-7-4-16(23)13-24-20;/h4-7,12-15H,8-11H2,1-3H3,(H,25,28)(H,24,26,29);1H.